The van der Waals surface area contributed by atoms with E-state index in [4.69, 9.17) is 9.47 Å². The molecule has 0 aromatic heterocycles. The summed E-state index contributed by atoms with van der Waals surface area (Å²) in [7, 11) is 1.20. The van der Waals surface area contributed by atoms with E-state index >= 15 is 0 Å². The molecular weight excluding hydrogens is 535 g/mol. The number of carbonyl (C=O) groups excluding carboxylic acids is 3. The zero-order valence-electron chi connectivity index (χ0n) is 22.5. The van der Waals surface area contributed by atoms with Gasteiger partial charge in [0.25, 0.3) is 0 Å². The standard InChI is InChI=1S/C33H29N2O5P/c1-39-31(36)22-29(35-33(38)40-24-25-14-6-2-7-15-25)32(37)30(23-34)41(26-16-8-3-9-17-26,27-18-10-4-11-19-27)28-20-12-5-13-21-28/h2-21,29H,22,24H2,1H3,(H,35,38)/t29-/m0/s1. The molecule has 0 aliphatic heterocycles. The minimum atomic E-state index is -3.07. The summed E-state index contributed by atoms with van der Waals surface area (Å²) in [6.45, 7) is -3.10. The Morgan fingerprint density at radius 1 is 0.756 bits per heavy atom. The number of methoxy groups -OCH3 is 1. The van der Waals surface area contributed by atoms with E-state index in [-0.39, 0.29) is 11.9 Å². The second-order valence-corrected chi connectivity index (χ2v) is 12.4. The van der Waals surface area contributed by atoms with Gasteiger partial charge in [-0.25, -0.2) is 4.79 Å². The smallest absolute Gasteiger partial charge is 0.408 e. The Labute approximate surface area is 239 Å². The molecule has 1 N–H and O–H groups in total. The van der Waals surface area contributed by atoms with E-state index in [2.05, 4.69) is 11.4 Å². The first-order chi connectivity index (χ1) is 20.0. The molecule has 7 nitrogen and oxygen atoms in total. The molecule has 206 valence electrons. The highest BCUT2D eigenvalue weighted by Crippen LogP contribution is 2.46. The summed E-state index contributed by atoms with van der Waals surface area (Å²) in [5, 5.41) is 15.5. The number of esters is 1. The average Bonchev–Trinajstić information content (AvgIpc) is 3.03. The minimum absolute atomic E-state index is 0.0321. The van der Waals surface area contributed by atoms with Crippen LogP contribution in [0.5, 0.6) is 0 Å². The molecule has 0 spiro atoms. The van der Waals surface area contributed by atoms with Crippen LogP contribution in [0.15, 0.2) is 121 Å². The number of benzene rings is 4. The number of hydrogen-bond donors (Lipinski definition) is 1. The molecule has 0 aliphatic rings. The van der Waals surface area contributed by atoms with Crippen LogP contribution < -0.4 is 21.2 Å². The van der Waals surface area contributed by atoms with Gasteiger partial charge in [0.1, 0.15) is 24.0 Å². The Kier molecular flexibility index (Phi) is 9.88. The largest absolute Gasteiger partial charge is 0.469 e. The van der Waals surface area contributed by atoms with E-state index in [1.807, 2.05) is 109 Å². The van der Waals surface area contributed by atoms with E-state index in [9.17, 15) is 19.6 Å². The molecule has 1 amide bonds. The summed E-state index contributed by atoms with van der Waals surface area (Å²) in [4.78, 5) is 39.7. The quantitative estimate of drug-likeness (QED) is 0.230. The predicted molar refractivity (Wildman–Crippen MR) is 161 cm³/mol. The van der Waals surface area contributed by atoms with Gasteiger partial charge in [-0.15, -0.1) is 0 Å². The maximum Gasteiger partial charge on any atom is 0.408 e. The van der Waals surface area contributed by atoms with Crippen LogP contribution in [0.1, 0.15) is 12.0 Å². The van der Waals surface area contributed by atoms with Crippen molar-refractivity contribution >= 4 is 45.9 Å². The summed E-state index contributed by atoms with van der Waals surface area (Å²) >= 11 is 0. The molecule has 4 aromatic carbocycles. The van der Waals surface area contributed by atoms with Crippen molar-refractivity contribution in [3.8, 4) is 6.07 Å². The topological polar surface area (TPSA) is 105 Å². The first-order valence-electron chi connectivity index (χ1n) is 12.9. The third-order valence-corrected chi connectivity index (χ3v) is 10.7. The first kappa shape index (κ1) is 29.1. The van der Waals surface area contributed by atoms with Gasteiger partial charge in [-0.1, -0.05) is 121 Å². The summed E-state index contributed by atoms with van der Waals surface area (Å²) in [5.74, 6) is -1.40. The SMILES string of the molecule is COC(=O)C[C@H](NC(=O)OCc1ccccc1)C(=O)C(C#N)=P(c1ccccc1)(c1ccccc1)c1ccccc1. The number of ketones is 1. The van der Waals surface area contributed by atoms with E-state index < -0.39 is 37.2 Å². The van der Waals surface area contributed by atoms with Crippen molar-refractivity contribution in [1.82, 2.24) is 5.32 Å². The van der Waals surface area contributed by atoms with Gasteiger partial charge in [-0.2, -0.15) is 5.26 Å². The Hall–Kier alpha value is -4.92. The van der Waals surface area contributed by atoms with Crippen LogP contribution in [0.3, 0.4) is 0 Å². The Morgan fingerprint density at radius 3 is 1.61 bits per heavy atom. The van der Waals surface area contributed by atoms with Crippen molar-refractivity contribution in [3.63, 3.8) is 0 Å². The number of alkyl carbamates (subject to hydrolysis) is 1. The monoisotopic (exact) mass is 564 g/mol. The highest BCUT2D eigenvalue weighted by Gasteiger charge is 2.37. The predicted octanol–water partition coefficient (Wildman–Crippen LogP) is 4.10. The van der Waals surface area contributed by atoms with Gasteiger partial charge in [-0.05, 0) is 28.4 Å². The van der Waals surface area contributed by atoms with Gasteiger partial charge in [0, 0.05) is 0 Å². The number of rotatable bonds is 10. The van der Waals surface area contributed by atoms with E-state index in [1.54, 1.807) is 12.1 Å². The second kappa shape index (κ2) is 13.9. The lowest BCUT2D eigenvalue weighted by atomic mass is 10.1. The molecule has 0 aliphatic carbocycles. The fourth-order valence-corrected chi connectivity index (χ4v) is 8.78. The molecule has 0 saturated carbocycles. The number of amides is 1. The molecule has 4 aromatic rings. The summed E-state index contributed by atoms with van der Waals surface area (Å²) in [5.41, 5.74) is 0.755. The molecule has 4 rings (SSSR count). The lowest BCUT2D eigenvalue weighted by Crippen LogP contribution is -2.47. The summed E-state index contributed by atoms with van der Waals surface area (Å²) in [6.07, 6.45) is -1.37. The number of carbonyl (C=O) groups is 3. The van der Waals surface area contributed by atoms with Crippen molar-refractivity contribution in [2.24, 2.45) is 0 Å². The number of nitriles is 1. The van der Waals surface area contributed by atoms with Crippen LogP contribution in [0.2, 0.25) is 0 Å². The van der Waals surface area contributed by atoms with Crippen molar-refractivity contribution in [1.29, 1.82) is 5.26 Å². The van der Waals surface area contributed by atoms with Gasteiger partial charge < -0.3 is 14.8 Å². The van der Waals surface area contributed by atoms with Gasteiger partial charge in [-0.3, -0.25) is 9.59 Å². The van der Waals surface area contributed by atoms with Gasteiger partial charge in [0.2, 0.25) is 0 Å². The van der Waals surface area contributed by atoms with Crippen LogP contribution in [-0.4, -0.2) is 36.3 Å². The Morgan fingerprint density at radius 2 is 1.20 bits per heavy atom. The number of Topliss-reactive ketones (excluding diaryl/α,β-unsaturated/α-hetero) is 1. The van der Waals surface area contributed by atoms with E-state index in [1.165, 1.54) is 7.11 Å². The Bertz CT molecular complexity index is 1480. The molecule has 8 heteroatoms. The molecule has 1 atom stereocenters. The van der Waals surface area contributed by atoms with Crippen molar-refractivity contribution < 1.29 is 23.9 Å². The van der Waals surface area contributed by atoms with Crippen LogP contribution in [0, 0.1) is 11.3 Å². The van der Waals surface area contributed by atoms with E-state index in [0.717, 1.165) is 21.5 Å². The third-order valence-electron chi connectivity index (χ3n) is 6.52. The molecular formula is C33H29N2O5P. The van der Waals surface area contributed by atoms with Gasteiger partial charge >= 0.3 is 12.1 Å². The lowest BCUT2D eigenvalue weighted by molar-refractivity contribution is -0.142. The van der Waals surface area contributed by atoms with Gasteiger partial charge in [0.15, 0.2) is 5.78 Å². The molecule has 41 heavy (non-hydrogen) atoms. The van der Waals surface area contributed by atoms with E-state index in [0.29, 0.717) is 0 Å². The lowest BCUT2D eigenvalue weighted by Gasteiger charge is -2.31. The average molecular weight is 565 g/mol. The molecule has 0 bridgehead atoms. The zero-order valence-corrected chi connectivity index (χ0v) is 23.4. The number of nitrogens with zero attached hydrogens (tertiary/aromatic N) is 1. The molecule has 0 heterocycles. The number of ether oxygens (including phenoxy) is 2. The molecule has 0 saturated heterocycles. The first-order valence-corrected chi connectivity index (χ1v) is 14.7. The fraction of sp³-hybridized carbons (Fsp3) is 0.121. The highest BCUT2D eigenvalue weighted by molar-refractivity contribution is 7.97. The van der Waals surface area contributed by atoms with Gasteiger partial charge in [0.05, 0.1) is 13.5 Å². The number of nitrogens with one attached hydrogen (secondary N) is 1. The molecule has 0 unspecified atom stereocenters. The van der Waals surface area contributed by atoms with Crippen molar-refractivity contribution in [3.05, 3.63) is 127 Å². The summed E-state index contributed by atoms with van der Waals surface area (Å²) in [6, 6.07) is 38.0. The van der Waals surface area contributed by atoms with Crippen LogP contribution in [-0.2, 0) is 25.7 Å². The maximum absolute atomic E-state index is 14.4. The van der Waals surface area contributed by atoms with Crippen LogP contribution in [0.25, 0.3) is 0 Å². The third kappa shape index (κ3) is 6.63. The molecule has 0 radical (unpaired) electrons. The Balaban J connectivity index is 1.89. The maximum atomic E-state index is 14.4. The fourth-order valence-electron chi connectivity index (χ4n) is 4.62. The van der Waals surface area contributed by atoms with Crippen LogP contribution in [0.4, 0.5) is 4.79 Å². The minimum Gasteiger partial charge on any atom is -0.469 e. The normalized spacial score (nSPS) is 11.4. The molecule has 0 fully saturated rings. The second-order valence-electron chi connectivity index (χ2n) is 9.04. The number of hydrogen-bond acceptors (Lipinski definition) is 6. The van der Waals surface area contributed by atoms with Crippen molar-refractivity contribution in [2.45, 2.75) is 19.1 Å². The zero-order chi connectivity index (χ0) is 29.1. The highest BCUT2D eigenvalue weighted by atomic mass is 31.2. The van der Waals surface area contributed by atoms with Crippen LogP contribution >= 0.6 is 6.89 Å². The summed E-state index contributed by atoms with van der Waals surface area (Å²) < 4.78 is 10.2. The van der Waals surface area contributed by atoms with Crippen molar-refractivity contribution in [2.75, 3.05) is 7.11 Å².